The Morgan fingerprint density at radius 2 is 1.46 bits per heavy atom. The molecule has 46 heavy (non-hydrogen) atoms. The second kappa shape index (κ2) is 25.0. The highest BCUT2D eigenvalue weighted by atomic mass is 16.5. The zero-order valence-electron chi connectivity index (χ0n) is 29.4. The Bertz CT molecular complexity index is 974. The molecule has 6 heteroatoms. The van der Waals surface area contributed by atoms with E-state index in [4.69, 9.17) is 19.7 Å². The molecule has 0 radical (unpaired) electrons. The molecule has 3 N–H and O–H groups in total. The van der Waals surface area contributed by atoms with Crippen LogP contribution >= 0.6 is 0 Å². The number of aldehydes is 1. The molecule has 2 fully saturated rings. The maximum Gasteiger partial charge on any atom is 0.147 e. The van der Waals surface area contributed by atoms with Gasteiger partial charge >= 0.3 is 0 Å². The maximum atomic E-state index is 9.48. The van der Waals surface area contributed by atoms with Crippen LogP contribution in [-0.4, -0.2) is 62.4 Å². The van der Waals surface area contributed by atoms with E-state index in [-0.39, 0.29) is 18.8 Å². The Balaban J connectivity index is 0.000000936. The number of fused-ring (bicyclic) bond motifs is 1. The van der Waals surface area contributed by atoms with Crippen molar-refractivity contribution in [2.45, 2.75) is 116 Å². The first kappa shape index (κ1) is 41.9. The van der Waals surface area contributed by atoms with Gasteiger partial charge in [0.25, 0.3) is 0 Å². The largest absolute Gasteiger partial charge is 0.400 e. The molecule has 1 aromatic carbocycles. The quantitative estimate of drug-likeness (QED) is 0.0828. The van der Waals surface area contributed by atoms with Crippen molar-refractivity contribution in [2.75, 3.05) is 34.0 Å². The normalized spacial score (nSPS) is 24.3. The number of benzene rings is 1. The number of aryl methyl sites for hydroxylation is 1. The lowest BCUT2D eigenvalue weighted by Gasteiger charge is -2.41. The molecule has 0 amide bonds. The van der Waals surface area contributed by atoms with Crippen LogP contribution in [0.5, 0.6) is 0 Å². The highest BCUT2D eigenvalue weighted by Gasteiger charge is 2.34. The van der Waals surface area contributed by atoms with Crippen LogP contribution in [0, 0.1) is 29.6 Å². The van der Waals surface area contributed by atoms with Gasteiger partial charge in [-0.25, -0.2) is 0 Å². The predicted octanol–water partition coefficient (Wildman–Crippen LogP) is 7.81. The summed E-state index contributed by atoms with van der Waals surface area (Å²) in [5.74, 6) is 5.25. The molecule has 2 atom stereocenters. The fraction of sp³-hybridized carbons (Fsp3) is 0.700. The van der Waals surface area contributed by atoms with Crippen LogP contribution in [0.2, 0.25) is 0 Å². The Kier molecular flexibility index (Phi) is 22.7. The van der Waals surface area contributed by atoms with Crippen molar-refractivity contribution in [2.24, 2.45) is 29.6 Å². The second-order valence-corrected chi connectivity index (χ2v) is 13.7. The topological polar surface area (TPSA) is 104 Å². The average Bonchev–Trinajstić information content (AvgIpc) is 3.13. The van der Waals surface area contributed by atoms with E-state index in [1.54, 1.807) is 18.2 Å². The number of unbranched alkanes of at least 4 members (excludes halogenated alkanes) is 2. The molecule has 3 aliphatic rings. The summed E-state index contributed by atoms with van der Waals surface area (Å²) in [4.78, 5) is 17.5. The number of carbonyl (C=O) groups excluding carboxylic acids is 2. The van der Waals surface area contributed by atoms with E-state index < -0.39 is 0 Å². The molecule has 3 aliphatic carbocycles. The summed E-state index contributed by atoms with van der Waals surface area (Å²) in [6.07, 6.45) is 23.1. The summed E-state index contributed by atoms with van der Waals surface area (Å²) < 4.78 is 5.50. The third-order valence-electron chi connectivity index (χ3n) is 10.7. The maximum absolute atomic E-state index is 9.48. The van der Waals surface area contributed by atoms with Gasteiger partial charge in [0.1, 0.15) is 13.1 Å². The zero-order chi connectivity index (χ0) is 34.3. The molecule has 0 aliphatic heterocycles. The van der Waals surface area contributed by atoms with Gasteiger partial charge in [-0.1, -0.05) is 82.4 Å². The summed E-state index contributed by atoms with van der Waals surface area (Å²) in [6, 6.07) is 7.17. The molecule has 2 unspecified atom stereocenters. The highest BCUT2D eigenvalue weighted by Crippen LogP contribution is 2.45. The van der Waals surface area contributed by atoms with Crippen LogP contribution in [0.25, 0.3) is 0 Å². The van der Waals surface area contributed by atoms with E-state index in [0.717, 1.165) is 48.7 Å². The fourth-order valence-electron chi connectivity index (χ4n) is 8.10. The van der Waals surface area contributed by atoms with Crippen molar-refractivity contribution in [1.29, 1.82) is 0 Å². The minimum absolute atomic E-state index is 0.0649. The third-order valence-corrected chi connectivity index (χ3v) is 10.7. The van der Waals surface area contributed by atoms with Gasteiger partial charge in [0.2, 0.25) is 0 Å². The molecule has 0 saturated heterocycles. The molecular formula is C40H66O6. The molecule has 6 nitrogen and oxygen atoms in total. The van der Waals surface area contributed by atoms with E-state index in [9.17, 15) is 9.90 Å². The van der Waals surface area contributed by atoms with Gasteiger partial charge in [0, 0.05) is 25.7 Å². The Labute approximate surface area is 280 Å². The third kappa shape index (κ3) is 14.3. The van der Waals surface area contributed by atoms with E-state index in [2.05, 4.69) is 38.3 Å². The summed E-state index contributed by atoms with van der Waals surface area (Å²) in [5.41, 5.74) is 5.62. The lowest BCUT2D eigenvalue weighted by atomic mass is 9.65. The van der Waals surface area contributed by atoms with Gasteiger partial charge in [0.15, 0.2) is 0 Å². The summed E-state index contributed by atoms with van der Waals surface area (Å²) >= 11 is 0. The lowest BCUT2D eigenvalue weighted by molar-refractivity contribution is -0.105. The molecule has 0 aromatic heterocycles. The first-order valence-electron chi connectivity index (χ1n) is 17.8. The van der Waals surface area contributed by atoms with Crippen LogP contribution in [0.4, 0.5) is 0 Å². The number of aliphatic hydroxyl groups is 3. The highest BCUT2D eigenvalue weighted by molar-refractivity contribution is 5.72. The fourth-order valence-corrected chi connectivity index (χ4v) is 8.10. The minimum atomic E-state index is -0.233. The van der Waals surface area contributed by atoms with E-state index in [1.807, 2.05) is 6.79 Å². The average molecular weight is 643 g/mol. The first-order valence-corrected chi connectivity index (χ1v) is 17.8. The van der Waals surface area contributed by atoms with Gasteiger partial charge in [-0.15, -0.1) is 0 Å². The molecular weight excluding hydrogens is 576 g/mol. The number of hydrogen-bond acceptors (Lipinski definition) is 6. The monoisotopic (exact) mass is 642 g/mol. The lowest BCUT2D eigenvalue weighted by Crippen LogP contribution is -2.30. The summed E-state index contributed by atoms with van der Waals surface area (Å²) in [5, 5.41) is 24.4. The zero-order valence-corrected chi connectivity index (χ0v) is 29.4. The number of aliphatic hydroxyl groups excluding tert-OH is 3. The number of rotatable bonds is 14. The van der Waals surface area contributed by atoms with Crippen LogP contribution in [0.1, 0.15) is 119 Å². The molecule has 0 heterocycles. The number of carbonyl (C=O) groups is 2. The van der Waals surface area contributed by atoms with Crippen molar-refractivity contribution in [3.63, 3.8) is 0 Å². The van der Waals surface area contributed by atoms with Gasteiger partial charge in [0.05, 0.1) is 19.8 Å². The van der Waals surface area contributed by atoms with E-state index >= 15 is 0 Å². The predicted molar refractivity (Wildman–Crippen MR) is 190 cm³/mol. The van der Waals surface area contributed by atoms with E-state index in [1.165, 1.54) is 102 Å². The smallest absolute Gasteiger partial charge is 0.147 e. The second-order valence-electron chi connectivity index (χ2n) is 13.7. The SMILES string of the molecule is C=C(C=O)CO.C=C(CO)CC(COC)c1ccc2c(c1)CCC(C1CCC(C3CCC(CCCCC)CC3)CC1)C2.C=O.CO. The van der Waals surface area contributed by atoms with Gasteiger partial charge < -0.3 is 24.9 Å². The Morgan fingerprint density at radius 3 is 1.96 bits per heavy atom. The molecule has 1 aromatic rings. The Morgan fingerprint density at radius 1 is 0.870 bits per heavy atom. The van der Waals surface area contributed by atoms with Crippen molar-refractivity contribution in [1.82, 2.24) is 0 Å². The molecule has 262 valence electrons. The molecule has 2 saturated carbocycles. The van der Waals surface area contributed by atoms with E-state index in [0.29, 0.717) is 18.8 Å². The van der Waals surface area contributed by atoms with Gasteiger partial charge in [-0.2, -0.15) is 0 Å². The molecule has 0 spiro atoms. The van der Waals surface area contributed by atoms with Crippen molar-refractivity contribution in [3.05, 3.63) is 59.2 Å². The number of methoxy groups -OCH3 is 1. The van der Waals surface area contributed by atoms with Crippen molar-refractivity contribution in [3.8, 4) is 0 Å². The van der Waals surface area contributed by atoms with Crippen LogP contribution < -0.4 is 0 Å². The van der Waals surface area contributed by atoms with Gasteiger partial charge in [-0.3, -0.25) is 4.79 Å². The first-order chi connectivity index (χ1) is 22.4. The summed E-state index contributed by atoms with van der Waals surface area (Å²) in [6.45, 7) is 12.0. The van der Waals surface area contributed by atoms with Crippen LogP contribution in [-0.2, 0) is 27.2 Å². The molecule has 0 bridgehead atoms. The summed E-state index contributed by atoms with van der Waals surface area (Å²) in [7, 11) is 2.77. The standard InChI is InChI=1S/C34H54O2.C4H6O2.CH4O.CH2O/c1-4-5-6-7-26-8-10-27(11-9-26)28-12-14-29(15-13-28)30-16-17-32-22-33(19-18-31(32)21-30)34(24-36-3)20-25(2)23-35;1-4(2-5)3-6;2*1-2/h18-19,22,26-30,34-35H,2,4-17,20-21,23-24H2,1,3H3;2,6H,1,3H2;2H,1H3;1H2. The van der Waals surface area contributed by atoms with Crippen molar-refractivity contribution < 1.29 is 29.6 Å². The number of ether oxygens (including phenoxy) is 1. The van der Waals surface area contributed by atoms with Crippen molar-refractivity contribution >= 4 is 13.1 Å². The van der Waals surface area contributed by atoms with Gasteiger partial charge in [-0.05, 0) is 110 Å². The minimum Gasteiger partial charge on any atom is -0.400 e. The molecule has 4 rings (SSSR count). The Hall–Kier alpha value is -2.12. The van der Waals surface area contributed by atoms with Crippen LogP contribution in [0.15, 0.2) is 42.5 Å². The van der Waals surface area contributed by atoms with Crippen LogP contribution in [0.3, 0.4) is 0 Å². The number of hydrogen-bond donors (Lipinski definition) is 3.